The summed E-state index contributed by atoms with van der Waals surface area (Å²) in [4.78, 5) is 11.5. The first kappa shape index (κ1) is 13.5. The number of aliphatic hydroxyl groups excluding tert-OH is 2. The van der Waals surface area contributed by atoms with Gasteiger partial charge in [-0.2, -0.15) is 0 Å². The van der Waals surface area contributed by atoms with E-state index < -0.39 is 12.1 Å². The summed E-state index contributed by atoms with van der Waals surface area (Å²) in [6.07, 6.45) is -0.838. The van der Waals surface area contributed by atoms with Crippen molar-refractivity contribution in [1.82, 2.24) is 0 Å². The minimum Gasteiger partial charge on any atom is -0.478 e. The summed E-state index contributed by atoms with van der Waals surface area (Å²) in [5, 5.41) is 26.8. The van der Waals surface area contributed by atoms with Crippen LogP contribution < -0.4 is 0 Å². The first-order valence-electron chi connectivity index (χ1n) is 4.49. The number of benzene rings is 1. The van der Waals surface area contributed by atoms with E-state index in [9.17, 15) is 9.90 Å². The van der Waals surface area contributed by atoms with Gasteiger partial charge in [-0.15, -0.1) is 11.8 Å². The highest BCUT2D eigenvalue weighted by Crippen LogP contribution is 2.26. The maximum Gasteiger partial charge on any atom is 0.336 e. The number of halogens is 1. The van der Waals surface area contributed by atoms with Gasteiger partial charge in [0.05, 0.1) is 18.3 Å². The highest BCUT2D eigenvalue weighted by Gasteiger charge is 2.12. The molecule has 1 aromatic rings. The summed E-state index contributed by atoms with van der Waals surface area (Å²) < 4.78 is 0.692. The molecule has 0 aliphatic rings. The Hall–Kier alpha value is -0.560. The van der Waals surface area contributed by atoms with Crippen molar-refractivity contribution < 1.29 is 20.1 Å². The van der Waals surface area contributed by atoms with Crippen LogP contribution >= 0.6 is 27.7 Å². The van der Waals surface area contributed by atoms with Crippen LogP contribution in [0.5, 0.6) is 0 Å². The molecule has 88 valence electrons. The van der Waals surface area contributed by atoms with E-state index in [1.807, 2.05) is 0 Å². The molecule has 0 heterocycles. The van der Waals surface area contributed by atoms with Crippen molar-refractivity contribution in [3.63, 3.8) is 0 Å². The molecule has 4 nitrogen and oxygen atoms in total. The van der Waals surface area contributed by atoms with Crippen LogP contribution in [0.3, 0.4) is 0 Å². The second kappa shape index (κ2) is 6.24. The summed E-state index contributed by atoms with van der Waals surface area (Å²) in [6, 6.07) is 4.92. The molecule has 1 atom stereocenters. The zero-order chi connectivity index (χ0) is 12.1. The van der Waals surface area contributed by atoms with E-state index in [2.05, 4.69) is 15.9 Å². The van der Waals surface area contributed by atoms with Crippen molar-refractivity contribution in [2.24, 2.45) is 0 Å². The molecule has 0 fully saturated rings. The normalized spacial score (nSPS) is 12.4. The van der Waals surface area contributed by atoms with Gasteiger partial charge < -0.3 is 15.3 Å². The molecule has 0 aromatic heterocycles. The van der Waals surface area contributed by atoms with E-state index in [0.29, 0.717) is 9.37 Å². The third-order valence-electron chi connectivity index (χ3n) is 1.81. The minimum absolute atomic E-state index is 0.185. The third-order valence-corrected chi connectivity index (χ3v) is 3.53. The van der Waals surface area contributed by atoms with Gasteiger partial charge in [0, 0.05) is 15.1 Å². The second-order valence-corrected chi connectivity index (χ2v) is 5.07. The van der Waals surface area contributed by atoms with E-state index in [-0.39, 0.29) is 17.9 Å². The van der Waals surface area contributed by atoms with Gasteiger partial charge in [-0.05, 0) is 18.2 Å². The van der Waals surface area contributed by atoms with Crippen LogP contribution in [0.15, 0.2) is 27.6 Å². The number of aromatic carboxylic acids is 1. The summed E-state index contributed by atoms with van der Waals surface area (Å²) in [6.45, 7) is -0.327. The monoisotopic (exact) mass is 306 g/mol. The number of aliphatic hydroxyl groups is 2. The molecule has 0 spiro atoms. The van der Waals surface area contributed by atoms with Crippen LogP contribution in [0.1, 0.15) is 10.4 Å². The average Bonchev–Trinajstić information content (AvgIpc) is 2.26. The zero-order valence-corrected chi connectivity index (χ0v) is 10.7. The molecule has 3 N–H and O–H groups in total. The van der Waals surface area contributed by atoms with Gasteiger partial charge in [0.15, 0.2) is 0 Å². The van der Waals surface area contributed by atoms with Gasteiger partial charge in [-0.1, -0.05) is 15.9 Å². The summed E-state index contributed by atoms with van der Waals surface area (Å²) in [5.41, 5.74) is 0.185. The molecule has 0 saturated heterocycles. The van der Waals surface area contributed by atoms with Crippen molar-refractivity contribution in [3.8, 4) is 0 Å². The molecule has 0 radical (unpaired) electrons. The summed E-state index contributed by atoms with van der Waals surface area (Å²) in [7, 11) is 0. The van der Waals surface area contributed by atoms with Crippen LogP contribution in [0.25, 0.3) is 0 Å². The average molecular weight is 307 g/mol. The van der Waals surface area contributed by atoms with Crippen molar-refractivity contribution in [1.29, 1.82) is 0 Å². The molecule has 6 heteroatoms. The first-order chi connectivity index (χ1) is 7.54. The van der Waals surface area contributed by atoms with Crippen LogP contribution in [0, 0.1) is 0 Å². The third kappa shape index (κ3) is 3.79. The molecular weight excluding hydrogens is 296 g/mol. The van der Waals surface area contributed by atoms with Gasteiger partial charge in [0.25, 0.3) is 0 Å². The SMILES string of the molecule is O=C(O)c1cc(Br)ccc1SCC(O)CO. The summed E-state index contributed by atoms with van der Waals surface area (Å²) in [5.74, 6) is -0.749. The van der Waals surface area contributed by atoms with Crippen molar-refractivity contribution >= 4 is 33.7 Å². The Labute approximate surface area is 105 Å². The fourth-order valence-electron chi connectivity index (χ4n) is 1.03. The number of rotatable bonds is 5. The van der Waals surface area contributed by atoms with Crippen LogP contribution in [-0.2, 0) is 0 Å². The predicted molar refractivity (Wildman–Crippen MR) is 64.9 cm³/mol. The molecule has 1 rings (SSSR count). The Morgan fingerprint density at radius 2 is 2.19 bits per heavy atom. The Morgan fingerprint density at radius 3 is 2.75 bits per heavy atom. The molecule has 1 unspecified atom stereocenters. The highest BCUT2D eigenvalue weighted by atomic mass is 79.9. The first-order valence-corrected chi connectivity index (χ1v) is 6.27. The van der Waals surface area contributed by atoms with Crippen LogP contribution in [0.4, 0.5) is 0 Å². The molecule has 0 saturated carbocycles. The number of carbonyl (C=O) groups is 1. The van der Waals surface area contributed by atoms with Gasteiger partial charge in [0.1, 0.15) is 0 Å². The lowest BCUT2D eigenvalue weighted by molar-refractivity contribution is 0.0693. The van der Waals surface area contributed by atoms with Gasteiger partial charge in [0.2, 0.25) is 0 Å². The summed E-state index contributed by atoms with van der Waals surface area (Å²) >= 11 is 4.40. The lowest BCUT2D eigenvalue weighted by Crippen LogP contribution is -2.14. The number of carboxylic acids is 1. The number of hydrogen-bond acceptors (Lipinski definition) is 4. The maximum atomic E-state index is 10.9. The number of thioether (sulfide) groups is 1. The van der Waals surface area contributed by atoms with Gasteiger partial charge >= 0.3 is 5.97 Å². The lowest BCUT2D eigenvalue weighted by Gasteiger charge is -2.09. The zero-order valence-electron chi connectivity index (χ0n) is 8.26. The van der Waals surface area contributed by atoms with Crippen LogP contribution in [-0.4, -0.2) is 39.8 Å². The molecule has 0 aliphatic heterocycles. The van der Waals surface area contributed by atoms with Crippen molar-refractivity contribution in [2.75, 3.05) is 12.4 Å². The van der Waals surface area contributed by atoms with E-state index >= 15 is 0 Å². The molecule has 0 bridgehead atoms. The Bertz CT molecular complexity index is 383. The highest BCUT2D eigenvalue weighted by molar-refractivity contribution is 9.10. The maximum absolute atomic E-state index is 10.9. The molecule has 16 heavy (non-hydrogen) atoms. The van der Waals surface area contributed by atoms with E-state index in [1.165, 1.54) is 17.8 Å². The van der Waals surface area contributed by atoms with E-state index in [0.717, 1.165) is 0 Å². The Morgan fingerprint density at radius 1 is 1.50 bits per heavy atom. The van der Waals surface area contributed by atoms with Gasteiger partial charge in [-0.3, -0.25) is 0 Å². The van der Waals surface area contributed by atoms with Crippen molar-refractivity contribution in [2.45, 2.75) is 11.0 Å². The topological polar surface area (TPSA) is 77.8 Å². The smallest absolute Gasteiger partial charge is 0.336 e. The minimum atomic E-state index is -1.01. The second-order valence-electron chi connectivity index (χ2n) is 3.09. The predicted octanol–water partition coefficient (Wildman–Crippen LogP) is 1.59. The largest absolute Gasteiger partial charge is 0.478 e. The molecule has 0 amide bonds. The van der Waals surface area contributed by atoms with Crippen LogP contribution in [0.2, 0.25) is 0 Å². The molecule has 1 aromatic carbocycles. The van der Waals surface area contributed by atoms with E-state index in [1.54, 1.807) is 12.1 Å². The standard InChI is InChI=1S/C10H11BrO4S/c11-6-1-2-9(8(3-6)10(14)15)16-5-7(13)4-12/h1-3,7,12-13H,4-5H2,(H,14,15). The Kier molecular flexibility index (Phi) is 5.27. The van der Waals surface area contributed by atoms with E-state index in [4.69, 9.17) is 10.2 Å². The quantitative estimate of drug-likeness (QED) is 0.720. The molecule has 0 aliphatic carbocycles. The fraction of sp³-hybridized carbons (Fsp3) is 0.300. The number of hydrogen-bond donors (Lipinski definition) is 3. The molecular formula is C10H11BrO4S. The lowest BCUT2D eigenvalue weighted by atomic mass is 10.2. The fourth-order valence-corrected chi connectivity index (χ4v) is 2.34. The Balaban J connectivity index is 2.82. The van der Waals surface area contributed by atoms with Crippen molar-refractivity contribution in [3.05, 3.63) is 28.2 Å². The number of carboxylic acid groups (broad SMARTS) is 1. The van der Waals surface area contributed by atoms with Gasteiger partial charge in [-0.25, -0.2) is 4.79 Å².